The summed E-state index contributed by atoms with van der Waals surface area (Å²) >= 11 is 8.52. The molecular weight excluding hydrogens is 339 g/mol. The first-order valence-corrected chi connectivity index (χ1v) is 8.80. The zero-order chi connectivity index (χ0) is 15.5. The van der Waals surface area contributed by atoms with Gasteiger partial charge in [-0.25, -0.2) is 4.98 Å². The van der Waals surface area contributed by atoms with E-state index in [0.29, 0.717) is 17.4 Å². The Morgan fingerprint density at radius 2 is 2.19 bits per heavy atom. The lowest BCUT2D eigenvalue weighted by Crippen LogP contribution is -2.25. The van der Waals surface area contributed by atoms with E-state index in [2.05, 4.69) is 10.3 Å². The molecule has 0 radical (unpaired) electrons. The molecule has 1 unspecified atom stereocenters. The molecule has 3 N–H and O–H groups in total. The molecule has 1 aromatic rings. The molecule has 0 aliphatic carbocycles. The number of thiocarbonyl (C=S) groups is 1. The summed E-state index contributed by atoms with van der Waals surface area (Å²) in [5.41, 5.74) is 4.93. The molecule has 2 heterocycles. The van der Waals surface area contributed by atoms with Crippen molar-refractivity contribution >= 4 is 46.5 Å². The summed E-state index contributed by atoms with van der Waals surface area (Å²) in [5.74, 6) is 3.24. The third-order valence-electron chi connectivity index (χ3n) is 2.83. The van der Waals surface area contributed by atoms with Crippen molar-refractivity contribution in [2.75, 3.05) is 29.1 Å². The molecule has 0 bridgehead atoms. The SMILES string of the molecule is NC(=S)c1ccc(C(F)(F)F)nc1NCC1CSCCS1. The highest BCUT2D eigenvalue weighted by molar-refractivity contribution is 8.06. The average molecular weight is 353 g/mol. The maximum Gasteiger partial charge on any atom is 0.433 e. The van der Waals surface area contributed by atoms with Crippen molar-refractivity contribution in [2.45, 2.75) is 11.4 Å². The Morgan fingerprint density at radius 3 is 2.76 bits per heavy atom. The third-order valence-corrected chi connectivity index (χ3v) is 5.90. The van der Waals surface area contributed by atoms with Crippen molar-refractivity contribution in [1.82, 2.24) is 4.98 Å². The van der Waals surface area contributed by atoms with Gasteiger partial charge in [0.25, 0.3) is 0 Å². The minimum atomic E-state index is -4.49. The maximum atomic E-state index is 12.7. The maximum absolute atomic E-state index is 12.7. The molecule has 1 aromatic heterocycles. The van der Waals surface area contributed by atoms with E-state index < -0.39 is 11.9 Å². The highest BCUT2D eigenvalue weighted by atomic mass is 32.2. The van der Waals surface area contributed by atoms with Gasteiger partial charge in [0.15, 0.2) is 0 Å². The number of nitrogens with zero attached hydrogens (tertiary/aromatic N) is 1. The largest absolute Gasteiger partial charge is 0.433 e. The number of nitrogens with two attached hydrogens (primary N) is 1. The molecule has 1 aliphatic rings. The number of pyridine rings is 1. The fourth-order valence-corrected chi connectivity index (χ4v) is 4.59. The fraction of sp³-hybridized carbons (Fsp3) is 0.500. The van der Waals surface area contributed by atoms with Crippen molar-refractivity contribution in [1.29, 1.82) is 0 Å². The number of halogens is 3. The van der Waals surface area contributed by atoms with Gasteiger partial charge in [-0.3, -0.25) is 0 Å². The van der Waals surface area contributed by atoms with Gasteiger partial charge in [-0.05, 0) is 12.1 Å². The minimum absolute atomic E-state index is 0.0318. The molecule has 0 saturated carbocycles. The zero-order valence-corrected chi connectivity index (χ0v) is 13.4. The van der Waals surface area contributed by atoms with Gasteiger partial charge in [0.2, 0.25) is 0 Å². The van der Waals surface area contributed by atoms with Crippen LogP contribution in [-0.2, 0) is 6.18 Å². The number of rotatable bonds is 4. The normalized spacial score (nSPS) is 19.3. The van der Waals surface area contributed by atoms with Crippen LogP contribution in [-0.4, -0.2) is 39.0 Å². The number of nitrogens with one attached hydrogen (secondary N) is 1. The molecule has 0 amide bonds. The molecule has 3 nitrogen and oxygen atoms in total. The lowest BCUT2D eigenvalue weighted by Gasteiger charge is -2.22. The Hall–Kier alpha value is -0.670. The van der Waals surface area contributed by atoms with Gasteiger partial charge in [0.1, 0.15) is 16.5 Å². The number of alkyl halides is 3. The highest BCUT2D eigenvalue weighted by Gasteiger charge is 2.33. The van der Waals surface area contributed by atoms with Gasteiger partial charge in [-0.2, -0.15) is 36.7 Å². The molecule has 1 fully saturated rings. The van der Waals surface area contributed by atoms with Gasteiger partial charge in [0.05, 0.1) is 5.56 Å². The zero-order valence-electron chi connectivity index (χ0n) is 10.9. The minimum Gasteiger partial charge on any atom is -0.389 e. The Bertz CT molecular complexity index is 516. The number of thioether (sulfide) groups is 2. The van der Waals surface area contributed by atoms with Gasteiger partial charge in [0, 0.05) is 29.1 Å². The van der Waals surface area contributed by atoms with E-state index in [1.807, 2.05) is 23.5 Å². The van der Waals surface area contributed by atoms with Gasteiger partial charge < -0.3 is 11.1 Å². The summed E-state index contributed by atoms with van der Waals surface area (Å²) in [4.78, 5) is 3.66. The average Bonchev–Trinajstić information content (AvgIpc) is 2.45. The van der Waals surface area contributed by atoms with Crippen molar-refractivity contribution in [3.05, 3.63) is 23.4 Å². The van der Waals surface area contributed by atoms with Crippen LogP contribution in [0.4, 0.5) is 19.0 Å². The molecule has 2 rings (SSSR count). The number of hydrogen-bond acceptors (Lipinski definition) is 5. The van der Waals surface area contributed by atoms with Crippen LogP contribution in [0.25, 0.3) is 0 Å². The van der Waals surface area contributed by atoms with Crippen LogP contribution in [0.5, 0.6) is 0 Å². The third kappa shape index (κ3) is 4.65. The summed E-state index contributed by atoms with van der Waals surface area (Å²) in [6.45, 7) is 0.543. The van der Waals surface area contributed by atoms with Crippen molar-refractivity contribution in [3.8, 4) is 0 Å². The Labute approximate surface area is 134 Å². The Kier molecular flexibility index (Phi) is 5.61. The molecule has 9 heteroatoms. The predicted octanol–water partition coefficient (Wildman–Crippen LogP) is 3.00. The smallest absolute Gasteiger partial charge is 0.389 e. The van der Waals surface area contributed by atoms with E-state index in [4.69, 9.17) is 18.0 Å². The van der Waals surface area contributed by atoms with E-state index >= 15 is 0 Å². The first-order valence-electron chi connectivity index (χ1n) is 6.19. The van der Waals surface area contributed by atoms with E-state index in [1.165, 1.54) is 6.07 Å². The number of anilines is 1. The van der Waals surface area contributed by atoms with Crippen LogP contribution in [0.3, 0.4) is 0 Å². The Morgan fingerprint density at radius 1 is 1.43 bits per heavy atom. The van der Waals surface area contributed by atoms with Crippen LogP contribution in [0.15, 0.2) is 12.1 Å². The molecule has 21 heavy (non-hydrogen) atoms. The standard InChI is InChI=1S/C12H14F3N3S3/c13-12(14,15)9-2-1-8(10(16)19)11(18-9)17-5-7-6-20-3-4-21-7/h1-2,7H,3-6H2,(H2,16,19)(H,17,18). The van der Waals surface area contributed by atoms with Crippen molar-refractivity contribution < 1.29 is 13.2 Å². The highest BCUT2D eigenvalue weighted by Crippen LogP contribution is 2.30. The van der Waals surface area contributed by atoms with E-state index in [9.17, 15) is 13.2 Å². The van der Waals surface area contributed by atoms with E-state index in [1.54, 1.807) is 0 Å². The summed E-state index contributed by atoms with van der Waals surface area (Å²) in [7, 11) is 0. The summed E-state index contributed by atoms with van der Waals surface area (Å²) in [6.07, 6.45) is -4.49. The molecule has 1 atom stereocenters. The molecule has 0 spiro atoms. The van der Waals surface area contributed by atoms with E-state index in [0.717, 1.165) is 23.3 Å². The Balaban J connectivity index is 2.16. The lowest BCUT2D eigenvalue weighted by atomic mass is 10.2. The molecule has 1 aliphatic heterocycles. The topological polar surface area (TPSA) is 50.9 Å². The second-order valence-corrected chi connectivity index (χ2v) is 7.40. The van der Waals surface area contributed by atoms with Crippen LogP contribution in [0.1, 0.15) is 11.3 Å². The van der Waals surface area contributed by atoms with Gasteiger partial charge in [-0.1, -0.05) is 12.2 Å². The van der Waals surface area contributed by atoms with Crippen LogP contribution >= 0.6 is 35.7 Å². The molecule has 0 aromatic carbocycles. The van der Waals surface area contributed by atoms with E-state index in [-0.39, 0.29) is 10.8 Å². The van der Waals surface area contributed by atoms with Crippen LogP contribution < -0.4 is 11.1 Å². The molecule has 1 saturated heterocycles. The molecule has 116 valence electrons. The van der Waals surface area contributed by atoms with Crippen molar-refractivity contribution in [2.24, 2.45) is 5.73 Å². The summed E-state index contributed by atoms with van der Waals surface area (Å²) in [5, 5.41) is 3.31. The summed E-state index contributed by atoms with van der Waals surface area (Å²) in [6, 6.07) is 2.16. The first-order chi connectivity index (χ1) is 9.88. The van der Waals surface area contributed by atoms with Crippen LogP contribution in [0.2, 0.25) is 0 Å². The van der Waals surface area contributed by atoms with Gasteiger partial charge >= 0.3 is 6.18 Å². The fourth-order valence-electron chi connectivity index (χ4n) is 1.82. The molecular formula is C12H14F3N3S3. The van der Waals surface area contributed by atoms with Crippen LogP contribution in [0, 0.1) is 0 Å². The second kappa shape index (κ2) is 7.06. The quantitative estimate of drug-likeness (QED) is 0.812. The second-order valence-electron chi connectivity index (χ2n) is 4.40. The summed E-state index contributed by atoms with van der Waals surface area (Å²) < 4.78 is 38.2. The van der Waals surface area contributed by atoms with Crippen molar-refractivity contribution in [3.63, 3.8) is 0 Å². The first kappa shape index (κ1) is 16.7. The number of hydrogen-bond donors (Lipinski definition) is 2. The monoisotopic (exact) mass is 353 g/mol. The predicted molar refractivity (Wildman–Crippen MR) is 87.2 cm³/mol. The lowest BCUT2D eigenvalue weighted by molar-refractivity contribution is -0.141. The van der Waals surface area contributed by atoms with Gasteiger partial charge in [-0.15, -0.1) is 0 Å². The number of aromatic nitrogens is 1.